The van der Waals surface area contributed by atoms with Gasteiger partial charge in [0.25, 0.3) is 0 Å². The van der Waals surface area contributed by atoms with Crippen molar-refractivity contribution in [2.45, 2.75) is 19.0 Å². The molecule has 0 spiro atoms. The predicted molar refractivity (Wildman–Crippen MR) is 135 cm³/mol. The standard InChI is InChI=1S/C27H29ClN2O5/c1-34-23-13-10-20(16-24(23)35-2)17-25(32)30(18-19-8-11-22(28)12-9-19)26(27(33)29-14-15-31)21-6-4-3-5-7-21/h3-13,16,26,31H,14-15,17-18H2,1-2H3,(H,29,33)/t26-/m1/s1. The number of halogens is 1. The SMILES string of the molecule is COc1ccc(CC(=O)N(Cc2ccc(Cl)cc2)[C@@H](C(=O)NCCO)c2ccccc2)cc1OC. The summed E-state index contributed by atoms with van der Waals surface area (Å²) in [5, 5.41) is 12.5. The van der Waals surface area contributed by atoms with E-state index in [1.807, 2.05) is 42.5 Å². The molecule has 0 unspecified atom stereocenters. The molecule has 0 heterocycles. The number of carbonyl (C=O) groups excluding carboxylic acids is 2. The van der Waals surface area contributed by atoms with Gasteiger partial charge in [0.05, 0.1) is 27.2 Å². The molecule has 3 rings (SSSR count). The molecule has 0 saturated carbocycles. The van der Waals surface area contributed by atoms with Gasteiger partial charge in [0.15, 0.2) is 11.5 Å². The monoisotopic (exact) mass is 496 g/mol. The fraction of sp³-hybridized carbons (Fsp3) is 0.259. The van der Waals surface area contributed by atoms with E-state index in [4.69, 9.17) is 21.1 Å². The number of rotatable bonds is 11. The zero-order valence-corrected chi connectivity index (χ0v) is 20.5. The number of carbonyl (C=O) groups is 2. The van der Waals surface area contributed by atoms with Crippen molar-refractivity contribution in [1.29, 1.82) is 0 Å². The Morgan fingerprint density at radius 1 is 0.943 bits per heavy atom. The number of aliphatic hydroxyl groups is 1. The molecule has 0 fully saturated rings. The van der Waals surface area contributed by atoms with E-state index >= 15 is 0 Å². The van der Waals surface area contributed by atoms with Crippen molar-refractivity contribution < 1.29 is 24.2 Å². The first-order chi connectivity index (χ1) is 17.0. The van der Waals surface area contributed by atoms with Gasteiger partial charge in [0, 0.05) is 18.1 Å². The van der Waals surface area contributed by atoms with Crippen LogP contribution in [0.5, 0.6) is 11.5 Å². The van der Waals surface area contributed by atoms with Crippen LogP contribution in [0, 0.1) is 0 Å². The molecule has 0 aliphatic rings. The molecule has 3 aromatic carbocycles. The summed E-state index contributed by atoms with van der Waals surface area (Å²) >= 11 is 6.05. The summed E-state index contributed by atoms with van der Waals surface area (Å²) in [6, 6.07) is 20.6. The first kappa shape index (κ1) is 26.1. The van der Waals surface area contributed by atoms with Crippen molar-refractivity contribution in [3.05, 3.63) is 94.5 Å². The molecular formula is C27H29ClN2O5. The molecule has 0 aliphatic heterocycles. The van der Waals surface area contributed by atoms with Crippen molar-refractivity contribution in [1.82, 2.24) is 10.2 Å². The molecule has 184 valence electrons. The van der Waals surface area contributed by atoms with E-state index in [-0.39, 0.29) is 37.9 Å². The molecule has 3 aromatic rings. The van der Waals surface area contributed by atoms with Gasteiger partial charge in [-0.25, -0.2) is 0 Å². The topological polar surface area (TPSA) is 88.1 Å². The largest absolute Gasteiger partial charge is 0.493 e. The zero-order chi connectivity index (χ0) is 25.2. The lowest BCUT2D eigenvalue weighted by Crippen LogP contribution is -2.44. The van der Waals surface area contributed by atoms with Crippen LogP contribution in [0.15, 0.2) is 72.8 Å². The van der Waals surface area contributed by atoms with Crippen LogP contribution in [0.25, 0.3) is 0 Å². The molecule has 1 atom stereocenters. The van der Waals surface area contributed by atoms with Crippen LogP contribution in [0.3, 0.4) is 0 Å². The van der Waals surface area contributed by atoms with E-state index in [1.165, 1.54) is 7.11 Å². The summed E-state index contributed by atoms with van der Waals surface area (Å²) in [6.07, 6.45) is 0.0462. The number of nitrogens with one attached hydrogen (secondary N) is 1. The lowest BCUT2D eigenvalue weighted by molar-refractivity contribution is -0.141. The highest BCUT2D eigenvalue weighted by Gasteiger charge is 2.31. The number of benzene rings is 3. The molecule has 2 N–H and O–H groups in total. The average Bonchev–Trinajstić information content (AvgIpc) is 2.88. The number of ether oxygens (including phenoxy) is 2. The molecule has 0 bridgehead atoms. The predicted octanol–water partition coefficient (Wildman–Crippen LogP) is 3.78. The maximum Gasteiger partial charge on any atom is 0.247 e. The van der Waals surface area contributed by atoms with Crippen LogP contribution < -0.4 is 14.8 Å². The van der Waals surface area contributed by atoms with Crippen molar-refractivity contribution in [2.24, 2.45) is 0 Å². The van der Waals surface area contributed by atoms with Gasteiger partial charge in [0.2, 0.25) is 11.8 Å². The highest BCUT2D eigenvalue weighted by molar-refractivity contribution is 6.30. The van der Waals surface area contributed by atoms with E-state index in [0.717, 1.165) is 11.1 Å². The second-order valence-corrected chi connectivity index (χ2v) is 8.28. The Morgan fingerprint density at radius 2 is 1.60 bits per heavy atom. The Hall–Kier alpha value is -3.55. The van der Waals surface area contributed by atoms with Gasteiger partial charge < -0.3 is 24.8 Å². The van der Waals surface area contributed by atoms with Gasteiger partial charge in [-0.1, -0.05) is 60.1 Å². The lowest BCUT2D eigenvalue weighted by Gasteiger charge is -2.32. The number of methoxy groups -OCH3 is 2. The molecule has 0 saturated heterocycles. The smallest absolute Gasteiger partial charge is 0.247 e. The van der Waals surface area contributed by atoms with E-state index in [0.29, 0.717) is 22.1 Å². The maximum absolute atomic E-state index is 13.7. The van der Waals surface area contributed by atoms with Crippen LogP contribution in [0.1, 0.15) is 22.7 Å². The van der Waals surface area contributed by atoms with Crippen LogP contribution >= 0.6 is 11.6 Å². The van der Waals surface area contributed by atoms with Gasteiger partial charge in [0.1, 0.15) is 6.04 Å². The molecule has 7 nitrogen and oxygen atoms in total. The zero-order valence-electron chi connectivity index (χ0n) is 19.7. The Labute approximate surface area is 210 Å². The van der Waals surface area contributed by atoms with E-state index in [9.17, 15) is 14.7 Å². The Kier molecular flexibility index (Phi) is 9.52. The Balaban J connectivity index is 1.99. The summed E-state index contributed by atoms with van der Waals surface area (Å²) in [7, 11) is 3.08. The van der Waals surface area contributed by atoms with Crippen LogP contribution in [0.2, 0.25) is 5.02 Å². The second kappa shape index (κ2) is 12.8. The third kappa shape index (κ3) is 6.97. The van der Waals surface area contributed by atoms with Gasteiger partial charge >= 0.3 is 0 Å². The van der Waals surface area contributed by atoms with Gasteiger partial charge in [-0.3, -0.25) is 9.59 Å². The number of nitrogens with zero attached hydrogens (tertiary/aromatic N) is 1. The number of aliphatic hydroxyl groups excluding tert-OH is 1. The second-order valence-electron chi connectivity index (χ2n) is 7.84. The van der Waals surface area contributed by atoms with Gasteiger partial charge in [-0.15, -0.1) is 0 Å². The molecule has 0 aromatic heterocycles. The van der Waals surface area contributed by atoms with Gasteiger partial charge in [-0.05, 0) is 41.0 Å². The first-order valence-corrected chi connectivity index (χ1v) is 11.5. The minimum absolute atomic E-state index is 0.0462. The maximum atomic E-state index is 13.7. The summed E-state index contributed by atoms with van der Waals surface area (Å²) < 4.78 is 10.7. The molecule has 2 amide bonds. The fourth-order valence-corrected chi connectivity index (χ4v) is 3.89. The summed E-state index contributed by atoms with van der Waals surface area (Å²) in [6.45, 7) is 0.0697. The Morgan fingerprint density at radius 3 is 2.23 bits per heavy atom. The number of amides is 2. The van der Waals surface area contributed by atoms with Crippen molar-refractivity contribution in [3.8, 4) is 11.5 Å². The van der Waals surface area contributed by atoms with Crippen molar-refractivity contribution >= 4 is 23.4 Å². The third-order valence-electron chi connectivity index (χ3n) is 5.48. The lowest BCUT2D eigenvalue weighted by atomic mass is 10.0. The normalized spacial score (nSPS) is 11.4. The minimum atomic E-state index is -0.897. The van der Waals surface area contributed by atoms with E-state index < -0.39 is 6.04 Å². The quantitative estimate of drug-likeness (QED) is 0.422. The Bertz CT molecular complexity index is 1120. The fourth-order valence-electron chi connectivity index (χ4n) is 3.76. The summed E-state index contributed by atoms with van der Waals surface area (Å²) in [5.41, 5.74) is 2.21. The molecule has 8 heteroatoms. The van der Waals surface area contributed by atoms with E-state index in [1.54, 1.807) is 42.3 Å². The average molecular weight is 497 g/mol. The summed E-state index contributed by atoms with van der Waals surface area (Å²) in [4.78, 5) is 28.5. The molecular weight excluding hydrogens is 468 g/mol. The molecule has 0 aliphatic carbocycles. The van der Waals surface area contributed by atoms with Crippen molar-refractivity contribution in [2.75, 3.05) is 27.4 Å². The highest BCUT2D eigenvalue weighted by atomic mass is 35.5. The molecule has 0 radical (unpaired) electrons. The van der Waals surface area contributed by atoms with Crippen LogP contribution in [0.4, 0.5) is 0 Å². The van der Waals surface area contributed by atoms with Crippen LogP contribution in [-0.2, 0) is 22.6 Å². The van der Waals surface area contributed by atoms with E-state index in [2.05, 4.69) is 5.32 Å². The summed E-state index contributed by atoms with van der Waals surface area (Å²) in [5.74, 6) is 0.453. The van der Waals surface area contributed by atoms with Gasteiger partial charge in [-0.2, -0.15) is 0 Å². The van der Waals surface area contributed by atoms with Crippen LogP contribution in [-0.4, -0.2) is 49.2 Å². The highest BCUT2D eigenvalue weighted by Crippen LogP contribution is 2.29. The molecule has 35 heavy (non-hydrogen) atoms. The third-order valence-corrected chi connectivity index (χ3v) is 5.73. The number of hydrogen-bond acceptors (Lipinski definition) is 5. The first-order valence-electron chi connectivity index (χ1n) is 11.1. The minimum Gasteiger partial charge on any atom is -0.493 e. The number of hydrogen-bond donors (Lipinski definition) is 2. The van der Waals surface area contributed by atoms with Crippen molar-refractivity contribution in [3.63, 3.8) is 0 Å².